The third-order valence-electron chi connectivity index (χ3n) is 9.86. The van der Waals surface area contributed by atoms with Gasteiger partial charge in [-0.1, -0.05) is 50.3 Å². The predicted octanol–water partition coefficient (Wildman–Crippen LogP) is 3.83. The van der Waals surface area contributed by atoms with Gasteiger partial charge in [-0.3, -0.25) is 14.4 Å². The van der Waals surface area contributed by atoms with E-state index in [1.165, 1.54) is 6.08 Å². The number of ether oxygens (including phenoxy) is 1. The van der Waals surface area contributed by atoms with E-state index >= 15 is 0 Å². The highest BCUT2D eigenvalue weighted by Gasteiger charge is 2.78. The van der Waals surface area contributed by atoms with Crippen LogP contribution in [0.15, 0.2) is 66.4 Å². The summed E-state index contributed by atoms with van der Waals surface area (Å²) in [5.74, 6) is -2.11. The van der Waals surface area contributed by atoms with Crippen molar-refractivity contribution in [1.82, 2.24) is 10.3 Å². The number of hydrogen-bond donors (Lipinski definition) is 3. The Bertz CT molecular complexity index is 1450. The van der Waals surface area contributed by atoms with Gasteiger partial charge >= 0.3 is 0 Å². The van der Waals surface area contributed by atoms with E-state index < -0.39 is 34.6 Å². The van der Waals surface area contributed by atoms with Crippen molar-refractivity contribution in [2.75, 3.05) is 0 Å². The molecular weight excluding hydrogens is 492 g/mol. The van der Waals surface area contributed by atoms with Gasteiger partial charge in [0.25, 0.3) is 0 Å². The van der Waals surface area contributed by atoms with Crippen molar-refractivity contribution in [3.05, 3.63) is 72.0 Å². The van der Waals surface area contributed by atoms with E-state index in [9.17, 15) is 19.5 Å². The lowest BCUT2D eigenvalue weighted by Gasteiger charge is -2.45. The molecule has 1 unspecified atom stereocenters. The second-order valence-electron chi connectivity index (χ2n) is 12.1. The maximum Gasteiger partial charge on any atom is 0.235 e. The number of H-pyrrole nitrogens is 1. The summed E-state index contributed by atoms with van der Waals surface area (Å²) >= 11 is 0. The molecule has 1 aromatic carbocycles. The number of ketones is 2. The average Bonchev–Trinajstić information content (AvgIpc) is 3.31. The number of carbonyl (C=O) groups is 3. The van der Waals surface area contributed by atoms with E-state index in [1.807, 2.05) is 49.5 Å². The van der Waals surface area contributed by atoms with Crippen molar-refractivity contribution in [2.45, 2.75) is 64.4 Å². The number of aliphatic hydroxyl groups excluding tert-OH is 1. The fourth-order valence-corrected chi connectivity index (χ4v) is 7.66. The Balaban J connectivity index is 1.46. The molecule has 0 bridgehead atoms. The highest BCUT2D eigenvalue weighted by atomic mass is 16.6. The van der Waals surface area contributed by atoms with Gasteiger partial charge in [0.15, 0.2) is 11.6 Å². The molecule has 1 amide bonds. The molecule has 0 radical (unpaired) electrons. The summed E-state index contributed by atoms with van der Waals surface area (Å²) in [6.07, 6.45) is 9.89. The summed E-state index contributed by atoms with van der Waals surface area (Å²) in [5, 5.41) is 14.9. The number of aromatic nitrogens is 1. The van der Waals surface area contributed by atoms with Crippen LogP contribution < -0.4 is 5.32 Å². The Morgan fingerprint density at radius 2 is 1.90 bits per heavy atom. The Morgan fingerprint density at radius 1 is 1.13 bits per heavy atom. The van der Waals surface area contributed by atoms with Gasteiger partial charge in [-0.25, -0.2) is 0 Å². The summed E-state index contributed by atoms with van der Waals surface area (Å²) in [4.78, 5) is 44.5. The summed E-state index contributed by atoms with van der Waals surface area (Å²) < 4.78 is 6.33. The molecule has 1 aromatic heterocycles. The first-order valence-corrected chi connectivity index (χ1v) is 13.9. The lowest BCUT2D eigenvalue weighted by molar-refractivity contribution is -0.145. The van der Waals surface area contributed by atoms with E-state index in [4.69, 9.17) is 4.74 Å². The largest absolute Gasteiger partial charge is 0.381 e. The van der Waals surface area contributed by atoms with Crippen molar-refractivity contribution < 1.29 is 24.2 Å². The highest BCUT2D eigenvalue weighted by molar-refractivity contribution is 6.15. The molecular formula is C32H36N2O5. The molecule has 3 fully saturated rings. The van der Waals surface area contributed by atoms with Crippen LogP contribution in [0.25, 0.3) is 10.9 Å². The molecule has 3 heterocycles. The first kappa shape index (κ1) is 26.0. The number of epoxide rings is 1. The van der Waals surface area contributed by atoms with Crippen molar-refractivity contribution in [1.29, 1.82) is 0 Å². The van der Waals surface area contributed by atoms with E-state index in [0.29, 0.717) is 18.4 Å². The van der Waals surface area contributed by atoms with Gasteiger partial charge < -0.3 is 20.1 Å². The van der Waals surface area contributed by atoms with Gasteiger partial charge in [0, 0.05) is 35.0 Å². The quantitative estimate of drug-likeness (QED) is 0.312. The first-order chi connectivity index (χ1) is 18.6. The maximum atomic E-state index is 14.2. The van der Waals surface area contributed by atoms with Crippen LogP contribution in [-0.2, 0) is 25.5 Å². The third kappa shape index (κ3) is 3.81. The Hall–Kier alpha value is -3.29. The fourth-order valence-electron chi connectivity index (χ4n) is 7.66. The third-order valence-corrected chi connectivity index (χ3v) is 9.86. The number of carbonyl (C=O) groups excluding carboxylic acids is 3. The van der Waals surface area contributed by atoms with Gasteiger partial charge in [0.2, 0.25) is 5.91 Å². The van der Waals surface area contributed by atoms with E-state index in [0.717, 1.165) is 22.5 Å². The lowest BCUT2D eigenvalue weighted by atomic mass is 9.51. The zero-order chi connectivity index (χ0) is 27.7. The van der Waals surface area contributed by atoms with Crippen LogP contribution >= 0.6 is 0 Å². The van der Waals surface area contributed by atoms with Crippen molar-refractivity contribution in [2.24, 2.45) is 29.1 Å². The van der Waals surface area contributed by atoms with Gasteiger partial charge in [-0.05, 0) is 67.9 Å². The summed E-state index contributed by atoms with van der Waals surface area (Å²) in [7, 11) is 0. The van der Waals surface area contributed by atoms with E-state index in [1.54, 1.807) is 6.92 Å². The maximum absolute atomic E-state index is 14.2. The molecule has 4 aliphatic rings. The van der Waals surface area contributed by atoms with Crippen LogP contribution in [0.2, 0.25) is 0 Å². The van der Waals surface area contributed by atoms with E-state index in [-0.39, 0.29) is 35.8 Å². The van der Waals surface area contributed by atoms with Crippen LogP contribution in [0.1, 0.15) is 39.7 Å². The predicted molar refractivity (Wildman–Crippen MR) is 148 cm³/mol. The molecule has 1 saturated carbocycles. The van der Waals surface area contributed by atoms with Crippen LogP contribution in [0.5, 0.6) is 0 Å². The number of benzene rings is 1. The molecule has 3 N–H and O–H groups in total. The number of amides is 1. The van der Waals surface area contributed by atoms with Crippen molar-refractivity contribution >= 4 is 28.4 Å². The molecule has 7 heteroatoms. The van der Waals surface area contributed by atoms with Gasteiger partial charge in [-0.15, -0.1) is 0 Å². The van der Waals surface area contributed by atoms with Gasteiger partial charge in [0.05, 0.1) is 11.7 Å². The highest BCUT2D eigenvalue weighted by Crippen LogP contribution is 2.66. The first-order valence-electron chi connectivity index (χ1n) is 13.9. The van der Waals surface area contributed by atoms with E-state index in [2.05, 4.69) is 30.2 Å². The molecule has 2 aromatic rings. The molecule has 39 heavy (non-hydrogen) atoms. The second-order valence-corrected chi connectivity index (χ2v) is 12.1. The minimum atomic E-state index is -1.41. The number of hydrogen-bond acceptors (Lipinski definition) is 5. The number of nitrogens with one attached hydrogen (secondary N) is 2. The second kappa shape index (κ2) is 9.14. The minimum Gasteiger partial charge on any atom is -0.381 e. The molecule has 1 spiro atoms. The molecule has 2 saturated heterocycles. The minimum absolute atomic E-state index is 0.0666. The van der Waals surface area contributed by atoms with Crippen molar-refractivity contribution in [3.63, 3.8) is 0 Å². The molecule has 204 valence electrons. The smallest absolute Gasteiger partial charge is 0.235 e. The van der Waals surface area contributed by atoms with Gasteiger partial charge in [-0.2, -0.15) is 0 Å². The summed E-state index contributed by atoms with van der Waals surface area (Å²) in [6.45, 7) is 7.90. The van der Waals surface area contributed by atoms with Gasteiger partial charge in [0.1, 0.15) is 11.5 Å². The van der Waals surface area contributed by atoms with Crippen molar-refractivity contribution in [3.8, 4) is 0 Å². The Kier molecular flexibility index (Phi) is 6.08. The molecule has 2 aliphatic heterocycles. The summed E-state index contributed by atoms with van der Waals surface area (Å²) in [5.41, 5.74) is 0.805. The number of allylic oxidation sites excluding steroid dienone is 3. The summed E-state index contributed by atoms with van der Waals surface area (Å²) in [6, 6.07) is 7.77. The molecule has 6 rings (SSSR count). The number of rotatable bonds is 2. The zero-order valence-electron chi connectivity index (χ0n) is 22.8. The number of para-hydroxylation sites is 1. The fraction of sp³-hybridized carbons (Fsp3) is 0.469. The Morgan fingerprint density at radius 3 is 2.69 bits per heavy atom. The van der Waals surface area contributed by atoms with Crippen LogP contribution in [0, 0.1) is 29.1 Å². The lowest BCUT2D eigenvalue weighted by Crippen LogP contribution is -2.58. The van der Waals surface area contributed by atoms with Crippen LogP contribution in [0.3, 0.4) is 0 Å². The number of aliphatic hydroxyl groups is 1. The van der Waals surface area contributed by atoms with Crippen LogP contribution in [-0.4, -0.2) is 51.4 Å². The Labute approximate surface area is 228 Å². The zero-order valence-corrected chi connectivity index (χ0v) is 22.8. The molecule has 2 aliphatic carbocycles. The topological polar surface area (TPSA) is 112 Å². The SMILES string of the molecule is C/C1=C/[C@@H](C)C/C=C/[C@H]2[C@@H]3O[C@]3(C)[C@@H](C)[C@H]3C(Cc4c[nH]c5ccccc45)NC(=O)[C@]32C(=O)/C=C/C(=O)[C@@H]1O. The molecule has 7 nitrogen and oxygen atoms in total. The number of fused-ring (bicyclic) bond motifs is 3. The normalized spacial score (nSPS) is 43.1. The standard InChI is InChI=1S/C32H36N2O5/c1-17-8-7-10-22-29-31(4,39-29)19(3)27-24(15-20-16-33-23-11-6-5-9-21(20)23)34-30(38)32(22,27)26(36)13-12-25(35)28(37)18(2)14-17/h5-7,9-14,16-17,19,22,24,27-29,33,37H,8,15H2,1-4H3,(H,34,38)/b10-7+,13-12+,18-14-/t17-,19-,22-,24?,27-,28+,29-,31+,32+/m0/s1. The average molecular weight is 529 g/mol. The van der Waals surface area contributed by atoms with Crippen LogP contribution in [0.4, 0.5) is 0 Å². The monoisotopic (exact) mass is 528 g/mol. The number of aromatic amines is 1. The molecule has 9 atom stereocenters.